The lowest BCUT2D eigenvalue weighted by atomic mass is 9.86. The van der Waals surface area contributed by atoms with Crippen molar-refractivity contribution in [1.29, 1.82) is 0 Å². The monoisotopic (exact) mass is 446 g/mol. The summed E-state index contributed by atoms with van der Waals surface area (Å²) in [5.74, 6) is 2.54. The Morgan fingerprint density at radius 3 is 2.20 bits per heavy atom. The van der Waals surface area contributed by atoms with Crippen molar-refractivity contribution in [2.24, 2.45) is 11.8 Å². The Balaban J connectivity index is 0.00000128. The van der Waals surface area contributed by atoms with Crippen LogP contribution in [0.2, 0.25) is 0 Å². The molecule has 0 aromatic heterocycles. The summed E-state index contributed by atoms with van der Waals surface area (Å²) in [4.78, 5) is 5.32. The zero-order valence-electron chi connectivity index (χ0n) is 17.9. The van der Waals surface area contributed by atoms with Crippen molar-refractivity contribution in [1.82, 2.24) is 9.80 Å². The molecule has 164 valence electrons. The number of hydrogen-bond acceptors (Lipinski definition) is 2. The molecular weight excluding hydrogens is 411 g/mol. The summed E-state index contributed by atoms with van der Waals surface area (Å²) in [5.41, 5.74) is 4.57. The quantitative estimate of drug-likeness (QED) is 0.553. The molecule has 2 aromatic carbocycles. The molecular formula is C26H36Cl2N2. The van der Waals surface area contributed by atoms with Crippen molar-refractivity contribution in [3.8, 4) is 0 Å². The van der Waals surface area contributed by atoms with E-state index in [4.69, 9.17) is 0 Å². The molecule has 2 heterocycles. The largest absolute Gasteiger partial charge is 0.303 e. The van der Waals surface area contributed by atoms with E-state index in [1.54, 1.807) is 5.56 Å². The van der Waals surface area contributed by atoms with Crippen LogP contribution in [0.15, 0.2) is 54.6 Å². The van der Waals surface area contributed by atoms with E-state index in [0.717, 1.165) is 24.3 Å². The van der Waals surface area contributed by atoms with Gasteiger partial charge in [0, 0.05) is 26.2 Å². The summed E-state index contributed by atoms with van der Waals surface area (Å²) in [5, 5.41) is 0. The van der Waals surface area contributed by atoms with E-state index >= 15 is 0 Å². The lowest BCUT2D eigenvalue weighted by Crippen LogP contribution is -2.22. The van der Waals surface area contributed by atoms with Gasteiger partial charge in [-0.15, -0.1) is 24.8 Å². The maximum absolute atomic E-state index is 2.70. The van der Waals surface area contributed by atoms with Gasteiger partial charge < -0.3 is 4.90 Å². The second-order valence-electron chi connectivity index (χ2n) is 9.33. The average molecular weight is 447 g/mol. The predicted molar refractivity (Wildman–Crippen MR) is 131 cm³/mol. The number of rotatable bonds is 6. The van der Waals surface area contributed by atoms with Crippen LogP contribution in [0.3, 0.4) is 0 Å². The molecule has 1 saturated carbocycles. The molecule has 0 amide bonds. The Morgan fingerprint density at radius 1 is 0.733 bits per heavy atom. The molecule has 2 saturated heterocycles. The van der Waals surface area contributed by atoms with E-state index in [0.29, 0.717) is 0 Å². The first-order chi connectivity index (χ1) is 13.8. The van der Waals surface area contributed by atoms with Gasteiger partial charge >= 0.3 is 0 Å². The molecule has 2 nitrogen and oxygen atoms in total. The second kappa shape index (κ2) is 11.0. The molecule has 3 aliphatic rings. The first kappa shape index (κ1) is 23.6. The summed E-state index contributed by atoms with van der Waals surface area (Å²) < 4.78 is 0. The zero-order chi connectivity index (χ0) is 18.8. The van der Waals surface area contributed by atoms with Gasteiger partial charge in [0.25, 0.3) is 0 Å². The summed E-state index contributed by atoms with van der Waals surface area (Å²) in [7, 11) is 0. The van der Waals surface area contributed by atoms with E-state index in [-0.39, 0.29) is 24.8 Å². The van der Waals surface area contributed by atoms with Crippen molar-refractivity contribution >= 4 is 24.8 Å². The van der Waals surface area contributed by atoms with E-state index < -0.39 is 0 Å². The van der Waals surface area contributed by atoms with Crippen molar-refractivity contribution < 1.29 is 0 Å². The van der Waals surface area contributed by atoms with E-state index in [9.17, 15) is 0 Å². The number of halogens is 2. The van der Waals surface area contributed by atoms with Crippen LogP contribution in [-0.2, 0) is 13.0 Å². The highest BCUT2D eigenvalue weighted by atomic mass is 35.5. The lowest BCUT2D eigenvalue weighted by molar-refractivity contribution is 0.298. The van der Waals surface area contributed by atoms with Gasteiger partial charge in [0.05, 0.1) is 0 Å². The third kappa shape index (κ3) is 5.40. The van der Waals surface area contributed by atoms with Crippen LogP contribution in [0.5, 0.6) is 0 Å². The predicted octanol–water partition coefficient (Wildman–Crippen LogP) is 5.79. The maximum atomic E-state index is 2.70. The van der Waals surface area contributed by atoms with Crippen LogP contribution in [0.1, 0.15) is 48.3 Å². The minimum Gasteiger partial charge on any atom is -0.303 e. The molecule has 1 aliphatic carbocycles. The van der Waals surface area contributed by atoms with Gasteiger partial charge in [-0.1, -0.05) is 54.6 Å². The second-order valence-corrected chi connectivity index (χ2v) is 9.33. The van der Waals surface area contributed by atoms with Gasteiger partial charge in [-0.05, 0) is 79.6 Å². The highest BCUT2D eigenvalue weighted by molar-refractivity contribution is 5.85. The van der Waals surface area contributed by atoms with E-state index in [1.165, 1.54) is 76.0 Å². The van der Waals surface area contributed by atoms with Crippen LogP contribution in [-0.4, -0.2) is 42.5 Å². The fourth-order valence-corrected chi connectivity index (χ4v) is 5.97. The van der Waals surface area contributed by atoms with Crippen molar-refractivity contribution in [3.05, 3.63) is 71.3 Å². The maximum Gasteiger partial charge on any atom is 0.0233 e. The molecule has 3 atom stereocenters. The molecule has 0 spiro atoms. The first-order valence-electron chi connectivity index (χ1n) is 11.4. The molecule has 2 aliphatic heterocycles. The zero-order valence-corrected chi connectivity index (χ0v) is 19.6. The lowest BCUT2D eigenvalue weighted by Gasteiger charge is -2.21. The highest BCUT2D eigenvalue weighted by Gasteiger charge is 2.42. The summed E-state index contributed by atoms with van der Waals surface area (Å²) in [6.45, 7) is 7.55. The highest BCUT2D eigenvalue weighted by Crippen LogP contribution is 2.47. The average Bonchev–Trinajstić information content (AvgIpc) is 3.45. The molecule has 30 heavy (non-hydrogen) atoms. The minimum atomic E-state index is 0. The van der Waals surface area contributed by atoms with Crippen LogP contribution in [0, 0.1) is 11.8 Å². The fourth-order valence-electron chi connectivity index (χ4n) is 5.97. The molecule has 3 unspecified atom stereocenters. The molecule has 4 heteroatoms. The molecule has 0 radical (unpaired) electrons. The number of hydrogen-bond donors (Lipinski definition) is 0. The molecule has 2 aromatic rings. The Kier molecular flexibility index (Phi) is 8.65. The van der Waals surface area contributed by atoms with Gasteiger partial charge in [-0.3, -0.25) is 4.90 Å². The van der Waals surface area contributed by atoms with Gasteiger partial charge in [0.1, 0.15) is 0 Å². The molecule has 5 rings (SSSR count). The van der Waals surface area contributed by atoms with Gasteiger partial charge in [0.2, 0.25) is 0 Å². The number of benzene rings is 2. The van der Waals surface area contributed by atoms with E-state index in [1.807, 2.05) is 0 Å². The van der Waals surface area contributed by atoms with Crippen LogP contribution in [0.25, 0.3) is 0 Å². The summed E-state index contributed by atoms with van der Waals surface area (Å²) in [6.07, 6.45) is 6.80. The number of likely N-dealkylation sites (tertiary alicyclic amines) is 2. The third-order valence-corrected chi connectivity index (χ3v) is 7.50. The fraction of sp³-hybridized carbons (Fsp3) is 0.538. The number of fused-ring (bicyclic) bond motifs is 1. The summed E-state index contributed by atoms with van der Waals surface area (Å²) >= 11 is 0. The van der Waals surface area contributed by atoms with Crippen LogP contribution < -0.4 is 0 Å². The van der Waals surface area contributed by atoms with Crippen molar-refractivity contribution in [2.75, 3.05) is 32.7 Å². The van der Waals surface area contributed by atoms with Crippen LogP contribution in [0.4, 0.5) is 0 Å². The van der Waals surface area contributed by atoms with Crippen molar-refractivity contribution in [2.45, 2.75) is 44.6 Å². The Labute approximate surface area is 194 Å². The molecule has 0 N–H and O–H groups in total. The van der Waals surface area contributed by atoms with Crippen LogP contribution >= 0.6 is 24.8 Å². The molecule has 3 fully saturated rings. The Hall–Kier alpha value is -1.06. The third-order valence-electron chi connectivity index (χ3n) is 7.50. The Bertz CT molecular complexity index is 758. The van der Waals surface area contributed by atoms with Gasteiger partial charge in [0.15, 0.2) is 0 Å². The topological polar surface area (TPSA) is 6.48 Å². The smallest absolute Gasteiger partial charge is 0.0233 e. The first-order valence-corrected chi connectivity index (χ1v) is 11.4. The minimum absolute atomic E-state index is 0. The standard InChI is InChI=1S/C26H34N2.2ClH/c1-2-6-22(7-3-1)18-28-19-24-12-13-25(26(24)20-28)23-10-8-21(9-11-23)14-17-27-15-4-5-16-27;;/h1-3,6-11,24-26H,4-5,12-20H2;2*1H. The Morgan fingerprint density at radius 2 is 1.47 bits per heavy atom. The SMILES string of the molecule is Cl.Cl.c1ccc(CN2CC3CCC(c4ccc(CCN5CCCC5)cc4)C3C2)cc1. The normalized spacial score (nSPS) is 26.2. The van der Waals surface area contributed by atoms with E-state index in [2.05, 4.69) is 64.4 Å². The number of nitrogens with zero attached hydrogens (tertiary/aromatic N) is 2. The molecule has 0 bridgehead atoms. The van der Waals surface area contributed by atoms with Gasteiger partial charge in [-0.2, -0.15) is 0 Å². The van der Waals surface area contributed by atoms with Crippen molar-refractivity contribution in [3.63, 3.8) is 0 Å². The summed E-state index contributed by atoms with van der Waals surface area (Å²) in [6, 6.07) is 20.7. The van der Waals surface area contributed by atoms with Gasteiger partial charge in [-0.25, -0.2) is 0 Å².